The Labute approximate surface area is 113 Å². The molecule has 0 bridgehead atoms. The lowest BCUT2D eigenvalue weighted by Crippen LogP contribution is -2.25. The van der Waals surface area contributed by atoms with Gasteiger partial charge in [-0.3, -0.25) is 0 Å². The van der Waals surface area contributed by atoms with Gasteiger partial charge in [-0.25, -0.2) is 0 Å². The highest BCUT2D eigenvalue weighted by Gasteiger charge is 2.31. The van der Waals surface area contributed by atoms with Crippen LogP contribution in [0.4, 0.5) is 0 Å². The topological polar surface area (TPSA) is 51.0 Å². The summed E-state index contributed by atoms with van der Waals surface area (Å²) >= 11 is 0. The van der Waals surface area contributed by atoms with E-state index in [1.54, 1.807) is 0 Å². The molecule has 0 saturated heterocycles. The molecule has 1 atom stereocenters. The van der Waals surface area contributed by atoms with E-state index in [1.165, 1.54) is 30.3 Å². The minimum atomic E-state index is 0.462. The molecule has 1 aliphatic carbocycles. The van der Waals surface area contributed by atoms with Crippen molar-refractivity contribution in [1.82, 2.24) is 15.5 Å². The first-order chi connectivity index (χ1) is 9.33. The van der Waals surface area contributed by atoms with Crippen LogP contribution in [0.15, 0.2) is 35.1 Å². The molecule has 0 radical (unpaired) electrons. The number of aryl methyl sites for hydroxylation is 1. The number of nitrogens with zero attached hydrogens (tertiary/aromatic N) is 2. The maximum absolute atomic E-state index is 5.01. The van der Waals surface area contributed by atoms with E-state index in [2.05, 4.69) is 46.6 Å². The molecular weight excluding hydrogens is 238 g/mol. The van der Waals surface area contributed by atoms with Gasteiger partial charge in [0.25, 0.3) is 0 Å². The predicted molar refractivity (Wildman–Crippen MR) is 72.6 cm³/mol. The first-order valence-electron chi connectivity index (χ1n) is 6.88. The van der Waals surface area contributed by atoms with E-state index in [4.69, 9.17) is 4.52 Å². The summed E-state index contributed by atoms with van der Waals surface area (Å²) in [6, 6.07) is 9.30. The molecule has 0 spiro atoms. The molecule has 1 saturated carbocycles. The van der Waals surface area contributed by atoms with Crippen LogP contribution >= 0.6 is 0 Å². The fourth-order valence-electron chi connectivity index (χ4n) is 2.40. The quantitative estimate of drug-likeness (QED) is 0.864. The van der Waals surface area contributed by atoms with Crippen LogP contribution in [-0.2, 0) is 6.42 Å². The Morgan fingerprint density at radius 1 is 1.32 bits per heavy atom. The molecule has 1 aliphatic rings. The van der Waals surface area contributed by atoms with Crippen LogP contribution < -0.4 is 5.32 Å². The first-order valence-corrected chi connectivity index (χ1v) is 6.88. The molecule has 2 aromatic rings. The molecule has 1 aromatic carbocycles. The lowest BCUT2D eigenvalue weighted by Gasteiger charge is -2.18. The molecule has 1 aromatic heterocycles. The molecule has 3 rings (SSSR count). The number of hydrogen-bond acceptors (Lipinski definition) is 4. The first kappa shape index (κ1) is 12.4. The lowest BCUT2D eigenvalue weighted by atomic mass is 10.0. The molecule has 4 nitrogen and oxygen atoms in total. The Morgan fingerprint density at radius 3 is 2.74 bits per heavy atom. The van der Waals surface area contributed by atoms with Crippen molar-refractivity contribution in [3.05, 3.63) is 47.6 Å². The Balaban J connectivity index is 1.60. The Hall–Kier alpha value is -1.68. The van der Waals surface area contributed by atoms with Gasteiger partial charge in [0.1, 0.15) is 0 Å². The van der Waals surface area contributed by atoms with Crippen LogP contribution in [0.3, 0.4) is 0 Å². The summed E-state index contributed by atoms with van der Waals surface area (Å²) in [6.45, 7) is 3.00. The van der Waals surface area contributed by atoms with Gasteiger partial charge in [-0.1, -0.05) is 35.0 Å². The van der Waals surface area contributed by atoms with Gasteiger partial charge >= 0.3 is 0 Å². The third kappa shape index (κ3) is 3.20. The standard InChI is InChI=1S/C15H19N3O/c1-11-2-4-12(5-3-11)15(13-6-7-13)16-9-8-14-17-10-18-19-14/h2-5,10,13,15-16H,6-9H2,1H3. The molecule has 1 heterocycles. The normalized spacial score (nSPS) is 16.5. The maximum Gasteiger partial charge on any atom is 0.227 e. The van der Waals surface area contributed by atoms with Crippen molar-refractivity contribution in [3.63, 3.8) is 0 Å². The highest BCUT2D eigenvalue weighted by molar-refractivity contribution is 5.25. The summed E-state index contributed by atoms with van der Waals surface area (Å²) in [5.74, 6) is 1.48. The monoisotopic (exact) mass is 257 g/mol. The second kappa shape index (κ2) is 5.53. The fraction of sp³-hybridized carbons (Fsp3) is 0.467. The van der Waals surface area contributed by atoms with Crippen LogP contribution in [0.25, 0.3) is 0 Å². The smallest absolute Gasteiger partial charge is 0.227 e. The molecule has 0 amide bonds. The number of hydrogen-bond donors (Lipinski definition) is 1. The molecule has 1 unspecified atom stereocenters. The second-order valence-electron chi connectivity index (χ2n) is 5.26. The van der Waals surface area contributed by atoms with Gasteiger partial charge < -0.3 is 9.84 Å². The van der Waals surface area contributed by atoms with Gasteiger partial charge in [-0.2, -0.15) is 4.98 Å². The van der Waals surface area contributed by atoms with Crippen molar-refractivity contribution in [2.24, 2.45) is 5.92 Å². The van der Waals surface area contributed by atoms with Gasteiger partial charge in [-0.15, -0.1) is 0 Å². The summed E-state index contributed by atoms with van der Waals surface area (Å²) in [6.07, 6.45) is 4.89. The molecule has 4 heteroatoms. The van der Waals surface area contributed by atoms with Crippen LogP contribution in [0, 0.1) is 12.8 Å². The zero-order valence-corrected chi connectivity index (χ0v) is 11.2. The lowest BCUT2D eigenvalue weighted by molar-refractivity contribution is 0.369. The average Bonchev–Trinajstić information content (AvgIpc) is 3.13. The zero-order chi connectivity index (χ0) is 13.1. The van der Waals surface area contributed by atoms with Crippen molar-refractivity contribution >= 4 is 0 Å². The highest BCUT2D eigenvalue weighted by Crippen LogP contribution is 2.40. The molecular formula is C15H19N3O. The number of nitrogens with one attached hydrogen (secondary N) is 1. The molecule has 100 valence electrons. The van der Waals surface area contributed by atoms with Gasteiger partial charge in [0, 0.05) is 19.0 Å². The van der Waals surface area contributed by atoms with E-state index in [0.29, 0.717) is 11.9 Å². The van der Waals surface area contributed by atoms with E-state index in [0.717, 1.165) is 18.9 Å². The summed E-state index contributed by atoms with van der Waals surface area (Å²) in [5, 5.41) is 7.25. The van der Waals surface area contributed by atoms with Crippen molar-refractivity contribution in [1.29, 1.82) is 0 Å². The van der Waals surface area contributed by atoms with E-state index < -0.39 is 0 Å². The van der Waals surface area contributed by atoms with Crippen LogP contribution in [-0.4, -0.2) is 16.7 Å². The van der Waals surface area contributed by atoms with E-state index in [9.17, 15) is 0 Å². The summed E-state index contributed by atoms with van der Waals surface area (Å²) in [4.78, 5) is 4.04. The summed E-state index contributed by atoms with van der Waals surface area (Å²) < 4.78 is 5.01. The van der Waals surface area contributed by atoms with Crippen molar-refractivity contribution in [2.45, 2.75) is 32.2 Å². The van der Waals surface area contributed by atoms with Gasteiger partial charge in [-0.05, 0) is 31.2 Å². The van der Waals surface area contributed by atoms with Gasteiger partial charge in [0.05, 0.1) is 0 Å². The van der Waals surface area contributed by atoms with Crippen molar-refractivity contribution < 1.29 is 4.52 Å². The Bertz CT molecular complexity index is 503. The molecule has 19 heavy (non-hydrogen) atoms. The van der Waals surface area contributed by atoms with E-state index in [-0.39, 0.29) is 0 Å². The average molecular weight is 257 g/mol. The zero-order valence-electron chi connectivity index (χ0n) is 11.2. The van der Waals surface area contributed by atoms with Crippen molar-refractivity contribution in [2.75, 3.05) is 6.54 Å². The fourth-order valence-corrected chi connectivity index (χ4v) is 2.40. The van der Waals surface area contributed by atoms with Gasteiger partial charge in [0.15, 0.2) is 6.33 Å². The third-order valence-electron chi connectivity index (χ3n) is 3.64. The highest BCUT2D eigenvalue weighted by atomic mass is 16.5. The number of benzene rings is 1. The Kier molecular flexibility index (Phi) is 3.60. The van der Waals surface area contributed by atoms with Crippen LogP contribution in [0.2, 0.25) is 0 Å². The second-order valence-corrected chi connectivity index (χ2v) is 5.26. The number of rotatable bonds is 6. The van der Waals surface area contributed by atoms with Crippen LogP contribution in [0.1, 0.15) is 35.9 Å². The van der Waals surface area contributed by atoms with Gasteiger partial charge in [0.2, 0.25) is 5.89 Å². The van der Waals surface area contributed by atoms with Crippen molar-refractivity contribution in [3.8, 4) is 0 Å². The Morgan fingerprint density at radius 2 is 2.11 bits per heavy atom. The van der Waals surface area contributed by atoms with Crippen LogP contribution in [0.5, 0.6) is 0 Å². The number of aromatic nitrogens is 2. The molecule has 0 aliphatic heterocycles. The largest absolute Gasteiger partial charge is 0.340 e. The van der Waals surface area contributed by atoms with E-state index >= 15 is 0 Å². The summed E-state index contributed by atoms with van der Waals surface area (Å²) in [7, 11) is 0. The summed E-state index contributed by atoms with van der Waals surface area (Å²) in [5.41, 5.74) is 2.70. The minimum absolute atomic E-state index is 0.462. The predicted octanol–water partition coefficient (Wildman–Crippen LogP) is 2.66. The maximum atomic E-state index is 5.01. The minimum Gasteiger partial charge on any atom is -0.340 e. The SMILES string of the molecule is Cc1ccc(C(NCCc2ncno2)C2CC2)cc1. The molecule has 1 N–H and O–H groups in total. The molecule has 1 fully saturated rings. The third-order valence-corrected chi connectivity index (χ3v) is 3.64. The van der Waals surface area contributed by atoms with E-state index in [1.807, 2.05) is 0 Å².